The average Bonchev–Trinajstić information content (AvgIpc) is 2.83. The lowest BCUT2D eigenvalue weighted by Gasteiger charge is -2.19. The molecule has 0 aliphatic carbocycles. The molecule has 0 saturated heterocycles. The van der Waals surface area contributed by atoms with Crippen LogP contribution in [0, 0.1) is 6.92 Å². The van der Waals surface area contributed by atoms with Crippen LogP contribution in [0.4, 0.5) is 0 Å². The number of rotatable bonds is 6. The zero-order valence-electron chi connectivity index (χ0n) is 12.1. The van der Waals surface area contributed by atoms with Crippen molar-refractivity contribution in [2.24, 2.45) is 7.05 Å². The van der Waals surface area contributed by atoms with Gasteiger partial charge in [0.25, 0.3) is 0 Å². The molecule has 2 rings (SSSR count). The molecule has 1 atom stereocenters. The lowest BCUT2D eigenvalue weighted by Crippen LogP contribution is -2.25. The molecule has 0 aliphatic rings. The summed E-state index contributed by atoms with van der Waals surface area (Å²) in [6.07, 6.45) is 1.74. The van der Waals surface area contributed by atoms with Gasteiger partial charge in [0.1, 0.15) is 0 Å². The summed E-state index contributed by atoms with van der Waals surface area (Å²) in [5.41, 5.74) is 2.17. The van der Waals surface area contributed by atoms with E-state index in [1.165, 1.54) is 4.80 Å². The molecule has 0 bridgehead atoms. The molecule has 0 aliphatic heterocycles. The molecule has 0 spiro atoms. The number of aromatic nitrogens is 4. The Hall–Kier alpha value is -1.46. The Kier molecular flexibility index (Phi) is 5.09. The van der Waals surface area contributed by atoms with Crippen molar-refractivity contribution in [1.29, 1.82) is 0 Å². The predicted molar refractivity (Wildman–Crippen MR) is 79.7 cm³/mol. The van der Waals surface area contributed by atoms with Crippen LogP contribution >= 0.6 is 11.6 Å². The number of tetrazole rings is 1. The SMILES string of the molecule is CCCNC(Cc1nnn(C)n1)c1cccc(C)c1Cl. The Balaban J connectivity index is 2.24. The van der Waals surface area contributed by atoms with E-state index in [0.29, 0.717) is 6.42 Å². The minimum absolute atomic E-state index is 0.103. The van der Waals surface area contributed by atoms with Crippen LogP contribution in [0.2, 0.25) is 5.02 Å². The molecule has 0 saturated carbocycles. The highest BCUT2D eigenvalue weighted by molar-refractivity contribution is 6.32. The first-order valence-corrected chi connectivity index (χ1v) is 7.21. The summed E-state index contributed by atoms with van der Waals surface area (Å²) in [4.78, 5) is 1.48. The molecule has 1 aromatic heterocycles. The highest BCUT2D eigenvalue weighted by Gasteiger charge is 2.18. The van der Waals surface area contributed by atoms with Gasteiger partial charge in [-0.15, -0.1) is 10.2 Å². The van der Waals surface area contributed by atoms with Crippen LogP contribution in [0.3, 0.4) is 0 Å². The summed E-state index contributed by atoms with van der Waals surface area (Å²) in [5, 5.41) is 16.5. The molecule has 0 fully saturated rings. The van der Waals surface area contributed by atoms with Gasteiger partial charge in [0.15, 0.2) is 5.82 Å². The largest absolute Gasteiger partial charge is 0.310 e. The van der Waals surface area contributed by atoms with Gasteiger partial charge in [-0.25, -0.2) is 0 Å². The standard InChI is InChI=1S/C14H20ClN5/c1-4-8-16-12(9-13-17-19-20(3)18-13)11-7-5-6-10(2)14(11)15/h5-7,12,16H,4,8-9H2,1-3H3. The monoisotopic (exact) mass is 293 g/mol. The van der Waals surface area contributed by atoms with Crippen molar-refractivity contribution in [2.45, 2.75) is 32.7 Å². The van der Waals surface area contributed by atoms with E-state index in [1.807, 2.05) is 19.1 Å². The molecule has 1 N–H and O–H groups in total. The smallest absolute Gasteiger partial charge is 0.176 e. The Labute approximate surface area is 124 Å². The molecule has 108 valence electrons. The van der Waals surface area contributed by atoms with E-state index in [0.717, 1.165) is 34.9 Å². The third kappa shape index (κ3) is 3.55. The first-order valence-electron chi connectivity index (χ1n) is 6.83. The van der Waals surface area contributed by atoms with Gasteiger partial charge < -0.3 is 5.32 Å². The highest BCUT2D eigenvalue weighted by Crippen LogP contribution is 2.27. The maximum absolute atomic E-state index is 6.44. The number of hydrogen-bond donors (Lipinski definition) is 1. The van der Waals surface area contributed by atoms with E-state index in [4.69, 9.17) is 11.6 Å². The zero-order chi connectivity index (χ0) is 14.5. The molecule has 1 aromatic carbocycles. The quantitative estimate of drug-likeness (QED) is 0.889. The summed E-state index contributed by atoms with van der Waals surface area (Å²) >= 11 is 6.44. The fraction of sp³-hybridized carbons (Fsp3) is 0.500. The normalized spacial score (nSPS) is 12.6. The Morgan fingerprint density at radius 1 is 1.40 bits per heavy atom. The molecule has 1 unspecified atom stereocenters. The average molecular weight is 294 g/mol. The summed E-state index contributed by atoms with van der Waals surface area (Å²) < 4.78 is 0. The number of hydrogen-bond acceptors (Lipinski definition) is 4. The minimum Gasteiger partial charge on any atom is -0.310 e. The molecule has 2 aromatic rings. The van der Waals surface area contributed by atoms with E-state index in [9.17, 15) is 0 Å². The van der Waals surface area contributed by atoms with Crippen molar-refractivity contribution in [1.82, 2.24) is 25.5 Å². The van der Waals surface area contributed by atoms with Gasteiger partial charge in [-0.2, -0.15) is 4.80 Å². The van der Waals surface area contributed by atoms with Gasteiger partial charge >= 0.3 is 0 Å². The molecular weight excluding hydrogens is 274 g/mol. The van der Waals surface area contributed by atoms with Crippen LogP contribution in [-0.2, 0) is 13.5 Å². The molecule has 5 nitrogen and oxygen atoms in total. The van der Waals surface area contributed by atoms with Gasteiger partial charge in [0.05, 0.1) is 7.05 Å². The highest BCUT2D eigenvalue weighted by atomic mass is 35.5. The molecule has 0 radical (unpaired) electrons. The van der Waals surface area contributed by atoms with Crippen LogP contribution in [0.1, 0.15) is 36.3 Å². The van der Waals surface area contributed by atoms with E-state index >= 15 is 0 Å². The van der Waals surface area contributed by atoms with Gasteiger partial charge in [-0.1, -0.05) is 36.7 Å². The van der Waals surface area contributed by atoms with E-state index in [1.54, 1.807) is 7.05 Å². The van der Waals surface area contributed by atoms with Crippen LogP contribution < -0.4 is 5.32 Å². The van der Waals surface area contributed by atoms with Crippen molar-refractivity contribution < 1.29 is 0 Å². The fourth-order valence-electron chi connectivity index (χ4n) is 2.14. The number of aryl methyl sites for hydroxylation is 2. The van der Waals surface area contributed by atoms with Gasteiger partial charge in [0, 0.05) is 17.5 Å². The van der Waals surface area contributed by atoms with Crippen molar-refractivity contribution in [3.8, 4) is 0 Å². The van der Waals surface area contributed by atoms with Gasteiger partial charge in [-0.05, 0) is 36.2 Å². The third-order valence-electron chi connectivity index (χ3n) is 3.17. The lowest BCUT2D eigenvalue weighted by atomic mass is 10.0. The van der Waals surface area contributed by atoms with Crippen LogP contribution in [-0.4, -0.2) is 26.8 Å². The maximum atomic E-state index is 6.44. The fourth-order valence-corrected chi connectivity index (χ4v) is 2.40. The Morgan fingerprint density at radius 2 is 2.20 bits per heavy atom. The number of nitrogens with zero attached hydrogens (tertiary/aromatic N) is 4. The summed E-state index contributed by atoms with van der Waals surface area (Å²) in [7, 11) is 1.77. The zero-order valence-corrected chi connectivity index (χ0v) is 12.9. The van der Waals surface area contributed by atoms with Gasteiger partial charge in [-0.3, -0.25) is 0 Å². The number of nitrogens with one attached hydrogen (secondary N) is 1. The molecule has 0 amide bonds. The van der Waals surface area contributed by atoms with Crippen molar-refractivity contribution in [3.63, 3.8) is 0 Å². The summed E-state index contributed by atoms with van der Waals surface area (Å²) in [5.74, 6) is 0.721. The van der Waals surface area contributed by atoms with Crippen LogP contribution in [0.5, 0.6) is 0 Å². The second kappa shape index (κ2) is 6.81. The topological polar surface area (TPSA) is 55.6 Å². The van der Waals surface area contributed by atoms with E-state index in [2.05, 4.69) is 33.7 Å². The predicted octanol–water partition coefficient (Wildman–Crippen LogP) is 2.46. The molecule has 20 heavy (non-hydrogen) atoms. The first-order chi connectivity index (χ1) is 9.61. The summed E-state index contributed by atoms with van der Waals surface area (Å²) in [6, 6.07) is 6.20. The molecule has 6 heteroatoms. The van der Waals surface area contributed by atoms with Gasteiger partial charge in [0.2, 0.25) is 0 Å². The second-order valence-electron chi connectivity index (χ2n) is 4.88. The minimum atomic E-state index is 0.103. The molecule has 1 heterocycles. The Morgan fingerprint density at radius 3 is 2.85 bits per heavy atom. The van der Waals surface area contributed by atoms with Crippen LogP contribution in [0.25, 0.3) is 0 Å². The third-order valence-corrected chi connectivity index (χ3v) is 3.69. The first kappa shape index (κ1) is 14.9. The second-order valence-corrected chi connectivity index (χ2v) is 5.26. The maximum Gasteiger partial charge on any atom is 0.176 e. The van der Waals surface area contributed by atoms with Crippen molar-refractivity contribution >= 4 is 11.6 Å². The van der Waals surface area contributed by atoms with Crippen molar-refractivity contribution in [2.75, 3.05) is 6.54 Å². The van der Waals surface area contributed by atoms with E-state index in [-0.39, 0.29) is 6.04 Å². The Bertz CT molecular complexity index is 566. The number of halogens is 1. The van der Waals surface area contributed by atoms with Crippen molar-refractivity contribution in [3.05, 3.63) is 40.2 Å². The lowest BCUT2D eigenvalue weighted by molar-refractivity contribution is 0.517. The summed E-state index contributed by atoms with van der Waals surface area (Å²) in [6.45, 7) is 5.08. The number of benzene rings is 1. The van der Waals surface area contributed by atoms with E-state index < -0.39 is 0 Å². The van der Waals surface area contributed by atoms with Crippen LogP contribution in [0.15, 0.2) is 18.2 Å². The molecular formula is C14H20ClN5.